The minimum absolute atomic E-state index is 0.140. The molecule has 0 radical (unpaired) electrons. The van der Waals surface area contributed by atoms with Gasteiger partial charge < -0.3 is 0 Å². The van der Waals surface area contributed by atoms with E-state index < -0.39 is 14.7 Å². The van der Waals surface area contributed by atoms with E-state index in [0.717, 1.165) is 6.07 Å². The second-order valence-corrected chi connectivity index (χ2v) is 4.76. The van der Waals surface area contributed by atoms with Crippen LogP contribution in [0, 0.1) is 14.9 Å². The topological polar surface area (TPSA) is 84.1 Å². The summed E-state index contributed by atoms with van der Waals surface area (Å²) in [5.41, 5.74) is -0.140. The molecular formula is C7H8N2O3S. The van der Waals surface area contributed by atoms with Gasteiger partial charge in [0.1, 0.15) is 0 Å². The Bertz CT molecular complexity index is 439. The summed E-state index contributed by atoms with van der Waals surface area (Å²) in [6.45, 7) is 0. The van der Waals surface area contributed by atoms with Crippen LogP contribution in [0.5, 0.6) is 0 Å². The van der Waals surface area contributed by atoms with Crippen LogP contribution in [0.25, 0.3) is 0 Å². The quantitative estimate of drug-likeness (QED) is 0.581. The van der Waals surface area contributed by atoms with Gasteiger partial charge in [-0.2, -0.15) is 0 Å². The molecule has 1 aromatic carbocycles. The third-order valence-electron chi connectivity index (χ3n) is 1.48. The number of nitro benzene ring substituents is 1. The number of non-ortho nitro benzene ring substituents is 1. The van der Waals surface area contributed by atoms with E-state index in [4.69, 9.17) is 4.78 Å². The molecular weight excluding hydrogens is 192 g/mol. The normalized spacial score (nSPS) is 14.8. The number of nitrogens with zero attached hydrogens (tertiary/aromatic N) is 1. The highest BCUT2D eigenvalue weighted by atomic mass is 32.2. The van der Waals surface area contributed by atoms with Gasteiger partial charge in [0.2, 0.25) is 0 Å². The molecule has 0 saturated heterocycles. The first-order chi connectivity index (χ1) is 5.91. The largest absolute Gasteiger partial charge is 0.270 e. The summed E-state index contributed by atoms with van der Waals surface area (Å²) >= 11 is 0. The van der Waals surface area contributed by atoms with E-state index in [-0.39, 0.29) is 10.6 Å². The zero-order chi connectivity index (χ0) is 10.1. The van der Waals surface area contributed by atoms with Crippen molar-refractivity contribution in [1.29, 1.82) is 4.78 Å². The molecule has 70 valence electrons. The first-order valence-electron chi connectivity index (χ1n) is 3.39. The smallest absolute Gasteiger partial charge is 0.258 e. The maximum absolute atomic E-state index is 11.2. The van der Waals surface area contributed by atoms with E-state index in [1.807, 2.05) is 0 Å². The van der Waals surface area contributed by atoms with Crippen molar-refractivity contribution < 1.29 is 9.13 Å². The predicted molar refractivity (Wildman–Crippen MR) is 48.1 cm³/mol. The van der Waals surface area contributed by atoms with Crippen LogP contribution in [0.4, 0.5) is 5.69 Å². The Morgan fingerprint density at radius 2 is 2.15 bits per heavy atom. The van der Waals surface area contributed by atoms with Crippen LogP contribution in [0.1, 0.15) is 0 Å². The number of hydrogen-bond donors (Lipinski definition) is 1. The number of benzene rings is 1. The van der Waals surface area contributed by atoms with Crippen molar-refractivity contribution >= 4 is 15.4 Å². The van der Waals surface area contributed by atoms with Gasteiger partial charge in [-0.3, -0.25) is 10.1 Å². The summed E-state index contributed by atoms with van der Waals surface area (Å²) in [5.74, 6) is 0. The molecule has 1 rings (SSSR count). The highest BCUT2D eigenvalue weighted by molar-refractivity contribution is 7.91. The number of nitro groups is 1. The molecule has 0 bridgehead atoms. The molecule has 1 atom stereocenters. The molecule has 0 aromatic heterocycles. The molecule has 1 unspecified atom stereocenters. The van der Waals surface area contributed by atoms with Gasteiger partial charge in [0.25, 0.3) is 5.69 Å². The van der Waals surface area contributed by atoms with Gasteiger partial charge in [0.05, 0.1) is 19.5 Å². The van der Waals surface area contributed by atoms with Gasteiger partial charge in [0.15, 0.2) is 0 Å². The van der Waals surface area contributed by atoms with E-state index in [2.05, 4.69) is 0 Å². The molecule has 0 saturated carbocycles. The highest BCUT2D eigenvalue weighted by Crippen LogP contribution is 2.17. The molecule has 0 aliphatic carbocycles. The Morgan fingerprint density at radius 1 is 1.54 bits per heavy atom. The lowest BCUT2D eigenvalue weighted by Crippen LogP contribution is -1.96. The minimum atomic E-state index is -2.86. The van der Waals surface area contributed by atoms with E-state index in [9.17, 15) is 14.3 Å². The van der Waals surface area contributed by atoms with E-state index >= 15 is 0 Å². The van der Waals surface area contributed by atoms with Gasteiger partial charge in [-0.1, -0.05) is 6.07 Å². The lowest BCUT2D eigenvalue weighted by atomic mass is 10.3. The van der Waals surface area contributed by atoms with Gasteiger partial charge in [0, 0.05) is 18.4 Å². The van der Waals surface area contributed by atoms with Crippen LogP contribution in [0.15, 0.2) is 29.2 Å². The second-order valence-electron chi connectivity index (χ2n) is 2.60. The van der Waals surface area contributed by atoms with Crippen LogP contribution < -0.4 is 0 Å². The standard InChI is InChI=1S/C7H8N2O3S/c1-13(8,12)7-4-2-3-6(5-7)9(10)11/h2-5,8H,1H3. The molecule has 5 nitrogen and oxygen atoms in total. The summed E-state index contributed by atoms with van der Waals surface area (Å²) in [6.07, 6.45) is 1.23. The summed E-state index contributed by atoms with van der Waals surface area (Å²) in [5, 5.41) is 10.3. The van der Waals surface area contributed by atoms with Crippen LogP contribution in [-0.2, 0) is 9.73 Å². The van der Waals surface area contributed by atoms with E-state index in [0.29, 0.717) is 0 Å². The SMILES string of the molecule is CS(=N)(=O)c1cccc([N+](=O)[O-])c1. The summed E-state index contributed by atoms with van der Waals surface area (Å²) in [6, 6.07) is 5.33. The number of rotatable bonds is 2. The Morgan fingerprint density at radius 3 is 2.62 bits per heavy atom. The molecule has 1 N–H and O–H groups in total. The molecule has 0 heterocycles. The predicted octanol–water partition coefficient (Wildman–Crippen LogP) is 1.63. The van der Waals surface area contributed by atoms with Crippen molar-refractivity contribution in [2.75, 3.05) is 6.26 Å². The maximum Gasteiger partial charge on any atom is 0.270 e. The Hall–Kier alpha value is -1.43. The van der Waals surface area contributed by atoms with Crippen molar-refractivity contribution in [3.8, 4) is 0 Å². The van der Waals surface area contributed by atoms with Crippen molar-refractivity contribution in [3.05, 3.63) is 34.4 Å². The van der Waals surface area contributed by atoms with Crippen molar-refractivity contribution in [3.63, 3.8) is 0 Å². The van der Waals surface area contributed by atoms with Gasteiger partial charge in [-0.05, 0) is 6.07 Å². The third kappa shape index (κ3) is 2.25. The van der Waals surface area contributed by atoms with Crippen molar-refractivity contribution in [2.24, 2.45) is 0 Å². The summed E-state index contributed by atoms with van der Waals surface area (Å²) in [4.78, 5) is 9.94. The highest BCUT2D eigenvalue weighted by Gasteiger charge is 2.09. The minimum Gasteiger partial charge on any atom is -0.258 e. The third-order valence-corrected chi connectivity index (χ3v) is 2.63. The van der Waals surface area contributed by atoms with Crippen LogP contribution in [0.2, 0.25) is 0 Å². The number of hydrogen-bond acceptors (Lipinski definition) is 4. The number of nitrogens with one attached hydrogen (secondary N) is 1. The Labute approximate surface area is 75.5 Å². The first-order valence-corrected chi connectivity index (χ1v) is 5.36. The summed E-state index contributed by atoms with van der Waals surface area (Å²) in [7, 11) is -2.86. The zero-order valence-electron chi connectivity index (χ0n) is 6.89. The molecule has 6 heteroatoms. The lowest BCUT2D eigenvalue weighted by molar-refractivity contribution is -0.385. The fourth-order valence-corrected chi connectivity index (χ4v) is 1.52. The molecule has 0 aliphatic heterocycles. The molecule has 0 amide bonds. The van der Waals surface area contributed by atoms with Crippen LogP contribution in [0.3, 0.4) is 0 Å². The molecule has 1 aromatic rings. The van der Waals surface area contributed by atoms with Gasteiger partial charge in [-0.25, -0.2) is 8.99 Å². The fourth-order valence-electron chi connectivity index (χ4n) is 0.839. The average molecular weight is 200 g/mol. The van der Waals surface area contributed by atoms with E-state index in [1.54, 1.807) is 0 Å². The average Bonchev–Trinajstić information content (AvgIpc) is 2.03. The van der Waals surface area contributed by atoms with E-state index in [1.165, 1.54) is 24.5 Å². The lowest BCUT2D eigenvalue weighted by Gasteiger charge is -1.99. The maximum atomic E-state index is 11.2. The first kappa shape index (κ1) is 9.66. The fraction of sp³-hybridized carbons (Fsp3) is 0.143. The Balaban J connectivity index is 3.29. The Kier molecular flexibility index (Phi) is 2.33. The van der Waals surface area contributed by atoms with Gasteiger partial charge >= 0.3 is 0 Å². The second kappa shape index (κ2) is 3.14. The molecule has 0 spiro atoms. The van der Waals surface area contributed by atoms with Crippen molar-refractivity contribution in [2.45, 2.75) is 4.90 Å². The summed E-state index contributed by atoms with van der Waals surface area (Å²) < 4.78 is 18.4. The van der Waals surface area contributed by atoms with Crippen LogP contribution >= 0.6 is 0 Å². The molecule has 0 fully saturated rings. The van der Waals surface area contributed by atoms with Gasteiger partial charge in [-0.15, -0.1) is 0 Å². The zero-order valence-corrected chi connectivity index (χ0v) is 7.71. The monoisotopic (exact) mass is 200 g/mol. The molecule has 13 heavy (non-hydrogen) atoms. The van der Waals surface area contributed by atoms with Crippen molar-refractivity contribution in [1.82, 2.24) is 0 Å². The van der Waals surface area contributed by atoms with Crippen LogP contribution in [-0.4, -0.2) is 15.4 Å². The molecule has 0 aliphatic rings.